The molecular weight excluding hydrogens is 500 g/mol. The summed E-state index contributed by atoms with van der Waals surface area (Å²) in [5.74, 6) is -0.668. The van der Waals surface area contributed by atoms with Crippen LogP contribution < -0.4 is 5.32 Å². The first-order chi connectivity index (χ1) is 18.3. The summed E-state index contributed by atoms with van der Waals surface area (Å²) in [6.07, 6.45) is 5.47. The standard InChI is InChI=1S/C29H28N4O4S/c1-2-7-22-8-5-9-25(18-22)24-15-13-23(14-16-24)20-33(38(36,37)28-12-3-4-17-30-28)21-26-10-6-11-27(32-26)31-19-29(34)35/h2-18H,19-21H2,1H3,(H,31,32)(H,34,35)/b7-2+. The number of rotatable bonds is 11. The van der Waals surface area contributed by atoms with E-state index in [2.05, 4.69) is 21.4 Å². The maximum Gasteiger partial charge on any atom is 0.322 e. The van der Waals surface area contributed by atoms with Crippen LogP contribution in [0.1, 0.15) is 23.7 Å². The third-order valence-corrected chi connectivity index (χ3v) is 7.41. The van der Waals surface area contributed by atoms with Crippen molar-refractivity contribution in [2.24, 2.45) is 0 Å². The quantitative estimate of drug-likeness (QED) is 0.280. The first-order valence-electron chi connectivity index (χ1n) is 12.0. The molecule has 0 unspecified atom stereocenters. The van der Waals surface area contributed by atoms with Crippen LogP contribution in [0.15, 0.2) is 102 Å². The number of sulfonamides is 1. The maximum absolute atomic E-state index is 13.6. The molecule has 0 bridgehead atoms. The number of carboxylic acids is 1. The van der Waals surface area contributed by atoms with Gasteiger partial charge in [0.15, 0.2) is 5.03 Å². The second-order valence-electron chi connectivity index (χ2n) is 8.52. The van der Waals surface area contributed by atoms with Crippen molar-refractivity contribution in [2.75, 3.05) is 11.9 Å². The van der Waals surface area contributed by atoms with Crippen molar-refractivity contribution >= 4 is 27.9 Å². The van der Waals surface area contributed by atoms with Crippen LogP contribution in [0.25, 0.3) is 17.2 Å². The number of carbonyl (C=O) groups is 1. The van der Waals surface area contributed by atoms with Crippen molar-refractivity contribution in [1.29, 1.82) is 0 Å². The summed E-state index contributed by atoms with van der Waals surface area (Å²) < 4.78 is 28.4. The first-order valence-corrected chi connectivity index (χ1v) is 13.4. The normalized spacial score (nSPS) is 11.6. The van der Waals surface area contributed by atoms with E-state index in [-0.39, 0.29) is 24.7 Å². The molecule has 38 heavy (non-hydrogen) atoms. The molecule has 0 saturated heterocycles. The van der Waals surface area contributed by atoms with Crippen LogP contribution in [0.4, 0.5) is 5.82 Å². The first kappa shape index (κ1) is 26.7. The lowest BCUT2D eigenvalue weighted by Crippen LogP contribution is -2.31. The van der Waals surface area contributed by atoms with E-state index in [1.165, 1.54) is 16.6 Å². The number of benzene rings is 2. The number of aliphatic carboxylic acids is 1. The Morgan fingerprint density at radius 3 is 2.45 bits per heavy atom. The summed E-state index contributed by atoms with van der Waals surface area (Å²) in [5.41, 5.74) is 4.47. The second-order valence-corrected chi connectivity index (χ2v) is 10.4. The smallest absolute Gasteiger partial charge is 0.322 e. The number of anilines is 1. The molecule has 2 heterocycles. The zero-order chi connectivity index (χ0) is 27.0. The van der Waals surface area contributed by atoms with Crippen LogP contribution in [-0.2, 0) is 27.9 Å². The van der Waals surface area contributed by atoms with Gasteiger partial charge in [-0.05, 0) is 59.5 Å². The number of pyridine rings is 2. The second kappa shape index (κ2) is 12.3. The van der Waals surface area contributed by atoms with Crippen LogP contribution in [-0.4, -0.2) is 40.3 Å². The molecule has 0 amide bonds. The van der Waals surface area contributed by atoms with Gasteiger partial charge in [-0.15, -0.1) is 0 Å². The lowest BCUT2D eigenvalue weighted by atomic mass is 10.0. The number of hydrogen-bond acceptors (Lipinski definition) is 6. The van der Waals surface area contributed by atoms with Crippen molar-refractivity contribution in [2.45, 2.75) is 25.0 Å². The van der Waals surface area contributed by atoms with Gasteiger partial charge in [0.25, 0.3) is 10.0 Å². The monoisotopic (exact) mass is 528 g/mol. The minimum absolute atomic E-state index is 0.0192. The van der Waals surface area contributed by atoms with Gasteiger partial charge in [-0.2, -0.15) is 4.31 Å². The van der Waals surface area contributed by atoms with E-state index in [9.17, 15) is 13.2 Å². The third kappa shape index (κ3) is 6.90. The Morgan fingerprint density at radius 2 is 1.74 bits per heavy atom. The van der Waals surface area contributed by atoms with E-state index >= 15 is 0 Å². The van der Waals surface area contributed by atoms with Crippen LogP contribution in [0.3, 0.4) is 0 Å². The minimum atomic E-state index is -3.95. The van der Waals surface area contributed by atoms with Gasteiger partial charge < -0.3 is 10.4 Å². The summed E-state index contributed by atoms with van der Waals surface area (Å²) in [7, 11) is -3.95. The Balaban J connectivity index is 1.61. The Morgan fingerprint density at radius 1 is 0.947 bits per heavy atom. The predicted molar refractivity (Wildman–Crippen MR) is 148 cm³/mol. The highest BCUT2D eigenvalue weighted by Gasteiger charge is 2.26. The highest BCUT2D eigenvalue weighted by atomic mass is 32.2. The molecule has 0 spiro atoms. The van der Waals surface area contributed by atoms with E-state index < -0.39 is 16.0 Å². The van der Waals surface area contributed by atoms with Crippen molar-refractivity contribution in [3.63, 3.8) is 0 Å². The topological polar surface area (TPSA) is 112 Å². The van der Waals surface area contributed by atoms with Gasteiger partial charge in [-0.25, -0.2) is 18.4 Å². The van der Waals surface area contributed by atoms with Crippen molar-refractivity contribution in [1.82, 2.24) is 14.3 Å². The summed E-state index contributed by atoms with van der Waals surface area (Å²) in [5, 5.41) is 11.6. The van der Waals surface area contributed by atoms with Gasteiger partial charge in [0.05, 0.1) is 12.2 Å². The van der Waals surface area contributed by atoms with Crippen LogP contribution in [0.2, 0.25) is 0 Å². The molecule has 4 aromatic rings. The van der Waals surface area contributed by atoms with E-state index in [1.54, 1.807) is 30.3 Å². The average molecular weight is 529 g/mol. The zero-order valence-corrected chi connectivity index (χ0v) is 21.7. The Hall–Kier alpha value is -4.34. The summed E-state index contributed by atoms with van der Waals surface area (Å²) in [6.45, 7) is 1.77. The van der Waals surface area contributed by atoms with Gasteiger partial charge in [0, 0.05) is 12.7 Å². The number of nitrogens with zero attached hydrogens (tertiary/aromatic N) is 3. The van der Waals surface area contributed by atoms with Gasteiger partial charge in [0.2, 0.25) is 0 Å². The van der Waals surface area contributed by atoms with E-state index in [4.69, 9.17) is 5.11 Å². The molecule has 0 aliphatic heterocycles. The molecule has 2 N–H and O–H groups in total. The molecule has 0 atom stereocenters. The largest absolute Gasteiger partial charge is 0.480 e. The molecule has 0 aliphatic carbocycles. The lowest BCUT2D eigenvalue weighted by Gasteiger charge is -2.22. The molecule has 8 nitrogen and oxygen atoms in total. The molecule has 9 heteroatoms. The van der Waals surface area contributed by atoms with E-state index in [0.29, 0.717) is 11.5 Å². The van der Waals surface area contributed by atoms with Crippen molar-refractivity contribution in [3.05, 3.63) is 114 Å². The number of hydrogen-bond donors (Lipinski definition) is 2. The summed E-state index contributed by atoms with van der Waals surface area (Å²) in [4.78, 5) is 19.4. The molecular formula is C29H28N4O4S. The zero-order valence-electron chi connectivity index (χ0n) is 20.9. The number of aromatic nitrogens is 2. The lowest BCUT2D eigenvalue weighted by molar-refractivity contribution is -0.134. The molecule has 0 fully saturated rings. The predicted octanol–water partition coefficient (Wildman–Crippen LogP) is 5.06. The average Bonchev–Trinajstić information content (AvgIpc) is 2.93. The molecule has 0 radical (unpaired) electrons. The number of allylic oxidation sites excluding steroid dienone is 1. The molecule has 4 rings (SSSR count). The molecule has 194 valence electrons. The van der Waals surface area contributed by atoms with Gasteiger partial charge >= 0.3 is 5.97 Å². The number of carboxylic acid groups (broad SMARTS) is 1. The van der Waals surface area contributed by atoms with E-state index in [0.717, 1.165) is 22.3 Å². The van der Waals surface area contributed by atoms with Crippen molar-refractivity contribution in [3.8, 4) is 11.1 Å². The Kier molecular flexibility index (Phi) is 8.62. The fourth-order valence-corrected chi connectivity index (χ4v) is 5.22. The third-order valence-electron chi connectivity index (χ3n) is 5.70. The SMILES string of the molecule is C/C=C/c1cccc(-c2ccc(CN(Cc3cccc(NCC(=O)O)n3)S(=O)(=O)c3ccccn3)cc2)c1. The fourth-order valence-electron chi connectivity index (χ4n) is 3.89. The maximum atomic E-state index is 13.6. The molecule has 0 saturated carbocycles. The number of nitrogens with one attached hydrogen (secondary N) is 1. The van der Waals surface area contributed by atoms with Crippen LogP contribution >= 0.6 is 0 Å². The highest BCUT2D eigenvalue weighted by molar-refractivity contribution is 7.89. The van der Waals surface area contributed by atoms with E-state index in [1.807, 2.05) is 61.5 Å². The Labute approximate surface area is 222 Å². The summed E-state index contributed by atoms with van der Waals surface area (Å²) in [6, 6.07) is 25.8. The van der Waals surface area contributed by atoms with Gasteiger partial charge in [-0.3, -0.25) is 4.79 Å². The minimum Gasteiger partial charge on any atom is -0.480 e. The Bertz CT molecular complexity index is 1520. The van der Waals surface area contributed by atoms with Crippen LogP contribution in [0, 0.1) is 0 Å². The molecule has 0 aliphatic rings. The van der Waals surface area contributed by atoms with Crippen molar-refractivity contribution < 1.29 is 18.3 Å². The highest BCUT2D eigenvalue weighted by Crippen LogP contribution is 2.24. The van der Waals surface area contributed by atoms with Gasteiger partial charge in [-0.1, -0.05) is 66.7 Å². The fraction of sp³-hybridized carbons (Fsp3) is 0.138. The molecule has 2 aromatic carbocycles. The van der Waals surface area contributed by atoms with Gasteiger partial charge in [0.1, 0.15) is 12.4 Å². The van der Waals surface area contributed by atoms with Crippen LogP contribution in [0.5, 0.6) is 0 Å². The summed E-state index contributed by atoms with van der Waals surface area (Å²) >= 11 is 0. The molecule has 2 aromatic heterocycles.